The zero-order chi connectivity index (χ0) is 15.2. The van der Waals surface area contributed by atoms with Crippen LogP contribution in [-0.4, -0.2) is 5.91 Å². The first-order valence-electron chi connectivity index (χ1n) is 6.90. The van der Waals surface area contributed by atoms with Crippen LogP contribution >= 0.6 is 15.9 Å². The van der Waals surface area contributed by atoms with E-state index in [1.165, 1.54) is 5.56 Å². The molecule has 21 heavy (non-hydrogen) atoms. The molecule has 0 aliphatic rings. The van der Waals surface area contributed by atoms with E-state index in [1.54, 1.807) is 6.08 Å². The largest absolute Gasteiger partial charge is 0.321 e. The quantitative estimate of drug-likeness (QED) is 0.757. The zero-order valence-corrected chi connectivity index (χ0v) is 13.7. The summed E-state index contributed by atoms with van der Waals surface area (Å²) < 4.78 is 0.869. The number of hydrogen-bond acceptors (Lipinski definition) is 1. The molecule has 0 bridgehead atoms. The van der Waals surface area contributed by atoms with Gasteiger partial charge in [0, 0.05) is 10.5 Å². The number of halogens is 1. The second-order valence-corrected chi connectivity index (χ2v) is 5.98. The van der Waals surface area contributed by atoms with Crippen molar-refractivity contribution in [2.75, 3.05) is 5.32 Å². The van der Waals surface area contributed by atoms with Crippen LogP contribution in [0, 0.1) is 0 Å². The van der Waals surface area contributed by atoms with Crippen LogP contribution < -0.4 is 5.32 Å². The van der Waals surface area contributed by atoms with Crippen molar-refractivity contribution >= 4 is 33.6 Å². The highest BCUT2D eigenvalue weighted by molar-refractivity contribution is 9.10. The van der Waals surface area contributed by atoms with Crippen LogP contribution in [0.4, 0.5) is 5.69 Å². The lowest BCUT2D eigenvalue weighted by Crippen LogP contribution is -2.08. The number of carbonyl (C=O) groups excluding carboxylic acids is 1. The fourth-order valence-electron chi connectivity index (χ4n) is 1.90. The molecule has 1 N–H and O–H groups in total. The van der Waals surface area contributed by atoms with Crippen molar-refractivity contribution in [3.05, 3.63) is 70.2 Å². The SMILES string of the molecule is CC(C)c1ccc(/C=C/C(=O)Nc2ccccc2Br)cc1. The molecule has 0 saturated carbocycles. The Morgan fingerprint density at radius 3 is 2.38 bits per heavy atom. The maximum absolute atomic E-state index is 11.9. The second kappa shape index (κ2) is 7.23. The summed E-state index contributed by atoms with van der Waals surface area (Å²) in [6.07, 6.45) is 3.36. The number of hydrogen-bond donors (Lipinski definition) is 1. The third kappa shape index (κ3) is 4.57. The maximum Gasteiger partial charge on any atom is 0.248 e. The standard InChI is InChI=1S/C18H18BrNO/c1-13(2)15-10-7-14(8-11-15)9-12-18(21)20-17-6-4-3-5-16(17)19/h3-13H,1-2H3,(H,20,21)/b12-9+. The molecule has 2 rings (SSSR count). The third-order valence-corrected chi connectivity index (χ3v) is 3.85. The molecular formula is C18H18BrNO. The van der Waals surface area contributed by atoms with Crippen LogP contribution in [0.15, 0.2) is 59.1 Å². The van der Waals surface area contributed by atoms with Crippen molar-refractivity contribution in [1.82, 2.24) is 0 Å². The van der Waals surface area contributed by atoms with Gasteiger partial charge in [0.1, 0.15) is 0 Å². The molecule has 0 unspecified atom stereocenters. The van der Waals surface area contributed by atoms with Gasteiger partial charge in [-0.05, 0) is 51.2 Å². The van der Waals surface area contributed by atoms with Gasteiger partial charge in [0.05, 0.1) is 5.69 Å². The molecule has 0 saturated heterocycles. The van der Waals surface area contributed by atoms with E-state index in [1.807, 2.05) is 42.5 Å². The minimum atomic E-state index is -0.144. The lowest BCUT2D eigenvalue weighted by Gasteiger charge is -2.05. The van der Waals surface area contributed by atoms with Crippen molar-refractivity contribution < 1.29 is 4.79 Å². The van der Waals surface area contributed by atoms with Gasteiger partial charge in [0.25, 0.3) is 0 Å². The molecule has 0 aliphatic carbocycles. The summed E-state index contributed by atoms with van der Waals surface area (Å²) in [7, 11) is 0. The average molecular weight is 344 g/mol. The number of carbonyl (C=O) groups is 1. The molecule has 0 atom stereocenters. The van der Waals surface area contributed by atoms with Gasteiger partial charge in [-0.15, -0.1) is 0 Å². The van der Waals surface area contributed by atoms with Crippen LogP contribution in [-0.2, 0) is 4.79 Å². The number of amides is 1. The van der Waals surface area contributed by atoms with Crippen molar-refractivity contribution in [1.29, 1.82) is 0 Å². The summed E-state index contributed by atoms with van der Waals surface area (Å²) in [5.41, 5.74) is 3.08. The molecule has 0 heterocycles. The average Bonchev–Trinajstić information content (AvgIpc) is 2.48. The first-order chi connectivity index (χ1) is 10.1. The van der Waals surface area contributed by atoms with E-state index in [2.05, 4.69) is 47.2 Å². The lowest BCUT2D eigenvalue weighted by atomic mass is 10.0. The Kier molecular flexibility index (Phi) is 5.34. The molecule has 0 fully saturated rings. The normalized spacial score (nSPS) is 11.0. The highest BCUT2D eigenvalue weighted by Crippen LogP contribution is 2.21. The summed E-state index contributed by atoms with van der Waals surface area (Å²) in [5, 5.41) is 2.84. The van der Waals surface area contributed by atoms with Gasteiger partial charge < -0.3 is 5.32 Å². The molecule has 0 aromatic heterocycles. The Morgan fingerprint density at radius 2 is 1.76 bits per heavy atom. The van der Waals surface area contributed by atoms with Gasteiger partial charge in [-0.1, -0.05) is 50.2 Å². The number of para-hydroxylation sites is 1. The topological polar surface area (TPSA) is 29.1 Å². The Hall–Kier alpha value is -1.87. The number of benzene rings is 2. The van der Waals surface area contributed by atoms with E-state index in [0.29, 0.717) is 5.92 Å². The molecule has 3 heteroatoms. The van der Waals surface area contributed by atoms with Gasteiger partial charge in [0.2, 0.25) is 5.91 Å². The third-order valence-electron chi connectivity index (χ3n) is 3.16. The Bertz CT molecular complexity index is 645. The van der Waals surface area contributed by atoms with Crippen molar-refractivity contribution in [2.24, 2.45) is 0 Å². The van der Waals surface area contributed by atoms with E-state index in [9.17, 15) is 4.79 Å². The van der Waals surface area contributed by atoms with Crippen LogP contribution in [0.1, 0.15) is 30.9 Å². The first kappa shape index (κ1) is 15.5. The molecule has 1 amide bonds. The minimum Gasteiger partial charge on any atom is -0.321 e. The van der Waals surface area contributed by atoms with Gasteiger partial charge in [-0.2, -0.15) is 0 Å². The van der Waals surface area contributed by atoms with E-state index < -0.39 is 0 Å². The summed E-state index contributed by atoms with van der Waals surface area (Å²) in [5.74, 6) is 0.372. The molecule has 0 aliphatic heterocycles. The summed E-state index contributed by atoms with van der Waals surface area (Å²) >= 11 is 3.40. The van der Waals surface area contributed by atoms with Crippen LogP contribution in [0.5, 0.6) is 0 Å². The van der Waals surface area contributed by atoms with Gasteiger partial charge in [-0.25, -0.2) is 0 Å². The maximum atomic E-state index is 11.9. The molecule has 2 nitrogen and oxygen atoms in total. The molecule has 108 valence electrons. The van der Waals surface area contributed by atoms with Crippen molar-refractivity contribution in [3.63, 3.8) is 0 Å². The summed E-state index contributed by atoms with van der Waals surface area (Å²) in [4.78, 5) is 11.9. The van der Waals surface area contributed by atoms with E-state index in [0.717, 1.165) is 15.7 Å². The van der Waals surface area contributed by atoms with Gasteiger partial charge >= 0.3 is 0 Å². The monoisotopic (exact) mass is 343 g/mol. The summed E-state index contributed by atoms with van der Waals surface area (Å²) in [6.45, 7) is 4.33. The first-order valence-corrected chi connectivity index (χ1v) is 7.69. The van der Waals surface area contributed by atoms with Gasteiger partial charge in [-0.3, -0.25) is 4.79 Å². The van der Waals surface area contributed by atoms with E-state index >= 15 is 0 Å². The fourth-order valence-corrected chi connectivity index (χ4v) is 2.28. The second-order valence-electron chi connectivity index (χ2n) is 5.12. The van der Waals surface area contributed by atoms with Crippen LogP contribution in [0.25, 0.3) is 6.08 Å². The van der Waals surface area contributed by atoms with Crippen molar-refractivity contribution in [3.8, 4) is 0 Å². The Labute approximate surface area is 134 Å². The number of anilines is 1. The van der Waals surface area contributed by atoms with Crippen LogP contribution in [0.2, 0.25) is 0 Å². The van der Waals surface area contributed by atoms with Gasteiger partial charge in [0.15, 0.2) is 0 Å². The van der Waals surface area contributed by atoms with E-state index in [-0.39, 0.29) is 5.91 Å². The number of rotatable bonds is 4. The Morgan fingerprint density at radius 1 is 1.10 bits per heavy atom. The van der Waals surface area contributed by atoms with Crippen molar-refractivity contribution in [2.45, 2.75) is 19.8 Å². The predicted molar refractivity (Wildman–Crippen MR) is 92.3 cm³/mol. The highest BCUT2D eigenvalue weighted by atomic mass is 79.9. The Balaban J connectivity index is 2.00. The fraction of sp³-hybridized carbons (Fsp3) is 0.167. The predicted octanol–water partition coefficient (Wildman–Crippen LogP) is 5.22. The lowest BCUT2D eigenvalue weighted by molar-refractivity contribution is -0.111. The summed E-state index contributed by atoms with van der Waals surface area (Å²) in [6, 6.07) is 15.8. The zero-order valence-electron chi connectivity index (χ0n) is 12.1. The smallest absolute Gasteiger partial charge is 0.248 e. The molecular weight excluding hydrogens is 326 g/mol. The highest BCUT2D eigenvalue weighted by Gasteiger charge is 2.01. The molecule has 2 aromatic rings. The molecule has 0 radical (unpaired) electrons. The van der Waals surface area contributed by atoms with E-state index in [4.69, 9.17) is 0 Å². The van der Waals surface area contributed by atoms with Crippen LogP contribution in [0.3, 0.4) is 0 Å². The number of nitrogens with one attached hydrogen (secondary N) is 1. The molecule has 2 aromatic carbocycles. The minimum absolute atomic E-state index is 0.144. The molecule has 0 spiro atoms.